The third kappa shape index (κ3) is 3.19. The number of hydrogen-bond acceptors (Lipinski definition) is 2. The van der Waals surface area contributed by atoms with E-state index < -0.39 is 8.32 Å². The topological polar surface area (TPSA) is 18.5 Å². The zero-order valence-corrected chi connectivity index (χ0v) is 12.4. The Balaban J connectivity index is 2.67. The maximum absolute atomic E-state index is 6.39. The van der Waals surface area contributed by atoms with Crippen LogP contribution in [0.3, 0.4) is 0 Å². The predicted molar refractivity (Wildman–Crippen MR) is 71.2 cm³/mol. The predicted octanol–water partition coefficient (Wildman–Crippen LogP) is 3.74. The van der Waals surface area contributed by atoms with Crippen molar-refractivity contribution in [2.24, 2.45) is 0 Å². The van der Waals surface area contributed by atoms with Crippen molar-refractivity contribution in [1.29, 1.82) is 0 Å². The van der Waals surface area contributed by atoms with Gasteiger partial charge in [-0.3, -0.25) is 0 Å². The van der Waals surface area contributed by atoms with Gasteiger partial charge in [-0.15, -0.1) is 6.58 Å². The molecule has 0 radical (unpaired) electrons. The molecule has 1 fully saturated rings. The molecule has 1 heterocycles. The number of ether oxygens (including phenoxy) is 1. The molecule has 94 valence electrons. The van der Waals surface area contributed by atoms with Crippen molar-refractivity contribution in [1.82, 2.24) is 0 Å². The summed E-state index contributed by atoms with van der Waals surface area (Å²) in [6, 6.07) is 0. The van der Waals surface area contributed by atoms with E-state index in [2.05, 4.69) is 40.4 Å². The maximum Gasteiger partial charge on any atom is 0.192 e. The van der Waals surface area contributed by atoms with Crippen LogP contribution < -0.4 is 0 Å². The van der Waals surface area contributed by atoms with E-state index in [1.807, 2.05) is 6.08 Å². The quantitative estimate of drug-likeness (QED) is 0.554. The minimum Gasteiger partial charge on any atom is -0.411 e. The summed E-state index contributed by atoms with van der Waals surface area (Å²) in [5, 5.41) is 0.260. The van der Waals surface area contributed by atoms with Crippen LogP contribution in [-0.2, 0) is 9.16 Å². The first kappa shape index (κ1) is 13.9. The standard InChI is InChI=1S/C13H26O2Si/c1-7-11-12(9-8-10-14-11)15-16(5,6)13(2,3)4/h7,11-12H,1,8-10H2,2-6H3/t11-,12-/m1/s1. The minimum absolute atomic E-state index is 0.0860. The van der Waals surface area contributed by atoms with Crippen LogP contribution >= 0.6 is 0 Å². The van der Waals surface area contributed by atoms with Gasteiger partial charge in [0.2, 0.25) is 0 Å². The molecule has 0 bridgehead atoms. The van der Waals surface area contributed by atoms with Crippen LogP contribution in [0.1, 0.15) is 33.6 Å². The minimum atomic E-state index is -1.68. The molecule has 0 amide bonds. The number of hydrogen-bond donors (Lipinski definition) is 0. The largest absolute Gasteiger partial charge is 0.411 e. The Bertz CT molecular complexity index is 243. The first-order valence-electron chi connectivity index (χ1n) is 6.20. The van der Waals surface area contributed by atoms with Crippen molar-refractivity contribution in [2.75, 3.05) is 6.61 Å². The van der Waals surface area contributed by atoms with Crippen LogP contribution in [0.4, 0.5) is 0 Å². The van der Waals surface area contributed by atoms with Gasteiger partial charge in [-0.05, 0) is 31.0 Å². The molecule has 2 atom stereocenters. The van der Waals surface area contributed by atoms with E-state index >= 15 is 0 Å². The highest BCUT2D eigenvalue weighted by Crippen LogP contribution is 2.38. The molecule has 16 heavy (non-hydrogen) atoms. The summed E-state index contributed by atoms with van der Waals surface area (Å²) < 4.78 is 12.1. The second-order valence-corrected chi connectivity index (χ2v) is 10.9. The molecule has 1 aliphatic heterocycles. The lowest BCUT2D eigenvalue weighted by Gasteiger charge is -2.42. The molecular formula is C13H26O2Si. The Morgan fingerprint density at radius 2 is 2.00 bits per heavy atom. The van der Waals surface area contributed by atoms with E-state index in [1.165, 1.54) is 0 Å². The van der Waals surface area contributed by atoms with Gasteiger partial charge in [-0.2, -0.15) is 0 Å². The van der Waals surface area contributed by atoms with Crippen molar-refractivity contribution >= 4 is 8.32 Å². The van der Waals surface area contributed by atoms with Crippen molar-refractivity contribution in [3.63, 3.8) is 0 Å². The van der Waals surface area contributed by atoms with Gasteiger partial charge in [0.15, 0.2) is 8.32 Å². The summed E-state index contributed by atoms with van der Waals surface area (Å²) in [6.45, 7) is 16.1. The second kappa shape index (κ2) is 5.03. The van der Waals surface area contributed by atoms with Gasteiger partial charge in [0.05, 0.1) is 6.10 Å². The summed E-state index contributed by atoms with van der Waals surface area (Å²) in [4.78, 5) is 0. The fourth-order valence-electron chi connectivity index (χ4n) is 1.68. The Labute approximate surface area is 101 Å². The van der Waals surface area contributed by atoms with Gasteiger partial charge in [-0.25, -0.2) is 0 Å². The summed E-state index contributed by atoms with van der Waals surface area (Å²) in [5.74, 6) is 0. The van der Waals surface area contributed by atoms with E-state index in [-0.39, 0.29) is 17.2 Å². The summed E-state index contributed by atoms with van der Waals surface area (Å²) in [6.07, 6.45) is 4.39. The van der Waals surface area contributed by atoms with Crippen molar-refractivity contribution in [3.8, 4) is 0 Å². The molecule has 0 aromatic rings. The monoisotopic (exact) mass is 242 g/mol. The van der Waals surface area contributed by atoms with Crippen molar-refractivity contribution in [3.05, 3.63) is 12.7 Å². The smallest absolute Gasteiger partial charge is 0.192 e. The van der Waals surface area contributed by atoms with Crippen LogP contribution in [-0.4, -0.2) is 27.1 Å². The Morgan fingerprint density at radius 1 is 1.38 bits per heavy atom. The van der Waals surface area contributed by atoms with Crippen molar-refractivity contribution < 1.29 is 9.16 Å². The Kier molecular flexibility index (Phi) is 4.38. The normalized spacial score (nSPS) is 27.8. The average Bonchev–Trinajstić information content (AvgIpc) is 2.16. The average molecular weight is 242 g/mol. The third-order valence-corrected chi connectivity index (χ3v) is 8.30. The lowest BCUT2D eigenvalue weighted by atomic mass is 10.1. The molecule has 3 heteroatoms. The second-order valence-electron chi connectivity index (χ2n) is 6.13. The maximum atomic E-state index is 6.39. The Hall–Kier alpha value is -0.123. The molecular weight excluding hydrogens is 216 g/mol. The molecule has 0 saturated carbocycles. The van der Waals surface area contributed by atoms with E-state index in [0.717, 1.165) is 19.4 Å². The third-order valence-electron chi connectivity index (χ3n) is 3.79. The molecule has 0 aromatic carbocycles. The van der Waals surface area contributed by atoms with Crippen LogP contribution in [0.15, 0.2) is 12.7 Å². The fraction of sp³-hybridized carbons (Fsp3) is 0.846. The number of rotatable bonds is 3. The zero-order valence-electron chi connectivity index (χ0n) is 11.4. The molecule has 1 aliphatic rings. The summed E-state index contributed by atoms with van der Waals surface area (Å²) >= 11 is 0. The highest BCUT2D eigenvalue weighted by Gasteiger charge is 2.41. The fourth-order valence-corrected chi connectivity index (χ4v) is 3.04. The molecule has 1 saturated heterocycles. The van der Waals surface area contributed by atoms with Gasteiger partial charge in [0, 0.05) is 6.61 Å². The highest BCUT2D eigenvalue weighted by atomic mass is 28.4. The summed E-state index contributed by atoms with van der Waals surface area (Å²) in [7, 11) is -1.68. The molecule has 1 rings (SSSR count). The van der Waals surface area contributed by atoms with Gasteiger partial charge < -0.3 is 9.16 Å². The van der Waals surface area contributed by atoms with E-state index in [9.17, 15) is 0 Å². The molecule has 0 unspecified atom stereocenters. The molecule has 0 spiro atoms. The molecule has 0 aromatic heterocycles. The van der Waals surface area contributed by atoms with E-state index in [1.54, 1.807) is 0 Å². The highest BCUT2D eigenvalue weighted by molar-refractivity contribution is 6.74. The van der Waals surface area contributed by atoms with Crippen LogP contribution in [0.25, 0.3) is 0 Å². The van der Waals surface area contributed by atoms with Crippen LogP contribution in [0.2, 0.25) is 18.1 Å². The molecule has 0 aliphatic carbocycles. The lowest BCUT2D eigenvalue weighted by molar-refractivity contribution is -0.0419. The van der Waals surface area contributed by atoms with E-state index in [4.69, 9.17) is 9.16 Å². The molecule has 0 N–H and O–H groups in total. The van der Waals surface area contributed by atoms with Crippen LogP contribution in [0.5, 0.6) is 0 Å². The van der Waals surface area contributed by atoms with Gasteiger partial charge in [-0.1, -0.05) is 26.8 Å². The van der Waals surface area contributed by atoms with E-state index in [0.29, 0.717) is 0 Å². The van der Waals surface area contributed by atoms with Gasteiger partial charge in [0.1, 0.15) is 6.10 Å². The van der Waals surface area contributed by atoms with Crippen molar-refractivity contribution in [2.45, 2.75) is 64.0 Å². The van der Waals surface area contributed by atoms with Crippen LogP contribution in [0, 0.1) is 0 Å². The first-order chi connectivity index (χ1) is 7.28. The van der Waals surface area contributed by atoms with Gasteiger partial charge in [0.25, 0.3) is 0 Å². The SMILES string of the molecule is C=C[C@H]1OCCC[C@H]1O[Si](C)(C)C(C)(C)C. The van der Waals surface area contributed by atoms with Gasteiger partial charge >= 0.3 is 0 Å². The first-order valence-corrected chi connectivity index (χ1v) is 9.11. The molecule has 2 nitrogen and oxygen atoms in total. The lowest BCUT2D eigenvalue weighted by Crippen LogP contribution is -2.48. The Morgan fingerprint density at radius 3 is 2.50 bits per heavy atom. The summed E-state index contributed by atoms with van der Waals surface area (Å²) in [5.41, 5.74) is 0. The zero-order chi connectivity index (χ0) is 12.4.